The standard InChI is InChI=1S/C14H21N3O2/c1-14(6-4-3-5-7-14)17-12-11(13(18)19-2)8-10(15)9-16-12/h8-9H,3-7,15H2,1-2H3,(H,16,17). The van der Waals surface area contributed by atoms with Gasteiger partial charge in [-0.1, -0.05) is 19.3 Å². The third-order valence-electron chi connectivity index (χ3n) is 3.69. The molecule has 1 heterocycles. The predicted octanol–water partition coefficient (Wildman–Crippen LogP) is 2.59. The molecule has 1 aliphatic rings. The van der Waals surface area contributed by atoms with E-state index in [9.17, 15) is 4.79 Å². The number of methoxy groups -OCH3 is 1. The number of nitrogen functional groups attached to an aromatic ring is 1. The van der Waals surface area contributed by atoms with Gasteiger partial charge in [-0.3, -0.25) is 0 Å². The fourth-order valence-corrected chi connectivity index (χ4v) is 2.59. The van der Waals surface area contributed by atoms with E-state index in [-0.39, 0.29) is 5.54 Å². The van der Waals surface area contributed by atoms with E-state index < -0.39 is 5.97 Å². The molecular weight excluding hydrogens is 242 g/mol. The number of anilines is 2. The lowest BCUT2D eigenvalue weighted by Crippen LogP contribution is -2.37. The van der Waals surface area contributed by atoms with Gasteiger partial charge in [0, 0.05) is 5.54 Å². The smallest absolute Gasteiger partial charge is 0.341 e. The average Bonchev–Trinajstić information content (AvgIpc) is 2.40. The monoisotopic (exact) mass is 263 g/mol. The summed E-state index contributed by atoms with van der Waals surface area (Å²) < 4.78 is 4.78. The molecule has 1 aromatic rings. The molecule has 19 heavy (non-hydrogen) atoms. The first-order valence-electron chi connectivity index (χ1n) is 6.66. The highest BCUT2D eigenvalue weighted by molar-refractivity contribution is 5.95. The van der Waals surface area contributed by atoms with Crippen molar-refractivity contribution in [2.45, 2.75) is 44.6 Å². The Kier molecular flexibility index (Phi) is 3.93. The van der Waals surface area contributed by atoms with Crippen molar-refractivity contribution in [2.24, 2.45) is 0 Å². The Hall–Kier alpha value is -1.78. The second-order valence-corrected chi connectivity index (χ2v) is 5.40. The van der Waals surface area contributed by atoms with Crippen LogP contribution in [0.2, 0.25) is 0 Å². The normalized spacial score (nSPS) is 17.8. The molecule has 3 N–H and O–H groups in total. The van der Waals surface area contributed by atoms with Crippen LogP contribution in [0.3, 0.4) is 0 Å². The van der Waals surface area contributed by atoms with E-state index in [1.54, 1.807) is 12.3 Å². The van der Waals surface area contributed by atoms with Crippen LogP contribution in [0, 0.1) is 0 Å². The molecule has 0 radical (unpaired) electrons. The third kappa shape index (κ3) is 3.16. The summed E-state index contributed by atoms with van der Waals surface area (Å²) >= 11 is 0. The van der Waals surface area contributed by atoms with Crippen LogP contribution in [0.4, 0.5) is 11.5 Å². The van der Waals surface area contributed by atoms with Gasteiger partial charge in [-0.25, -0.2) is 9.78 Å². The Balaban J connectivity index is 2.26. The number of ether oxygens (including phenoxy) is 1. The maximum atomic E-state index is 11.8. The summed E-state index contributed by atoms with van der Waals surface area (Å²) in [6.07, 6.45) is 7.40. The van der Waals surface area contributed by atoms with Crippen molar-refractivity contribution >= 4 is 17.5 Å². The number of carbonyl (C=O) groups is 1. The number of pyridine rings is 1. The van der Waals surface area contributed by atoms with Crippen LogP contribution in [0.5, 0.6) is 0 Å². The van der Waals surface area contributed by atoms with E-state index in [0.29, 0.717) is 17.1 Å². The molecule has 0 saturated heterocycles. The molecule has 0 aromatic carbocycles. The summed E-state index contributed by atoms with van der Waals surface area (Å²) in [5, 5.41) is 3.40. The highest BCUT2D eigenvalue weighted by atomic mass is 16.5. The Morgan fingerprint density at radius 3 is 2.74 bits per heavy atom. The minimum atomic E-state index is -0.415. The first kappa shape index (κ1) is 13.6. The van der Waals surface area contributed by atoms with Crippen molar-refractivity contribution in [3.63, 3.8) is 0 Å². The number of aromatic nitrogens is 1. The molecule has 5 heteroatoms. The summed E-state index contributed by atoms with van der Waals surface area (Å²) in [5.74, 6) is 0.146. The molecule has 0 atom stereocenters. The van der Waals surface area contributed by atoms with Crippen molar-refractivity contribution in [2.75, 3.05) is 18.2 Å². The number of nitrogens with one attached hydrogen (secondary N) is 1. The summed E-state index contributed by atoms with van der Waals surface area (Å²) in [4.78, 5) is 16.0. The Bertz CT molecular complexity index is 468. The van der Waals surface area contributed by atoms with E-state index in [1.165, 1.54) is 26.4 Å². The lowest BCUT2D eigenvalue weighted by Gasteiger charge is -2.35. The lowest BCUT2D eigenvalue weighted by atomic mass is 9.83. The largest absolute Gasteiger partial charge is 0.465 e. The topological polar surface area (TPSA) is 77.2 Å². The Labute approximate surface area is 113 Å². The lowest BCUT2D eigenvalue weighted by molar-refractivity contribution is 0.0601. The third-order valence-corrected chi connectivity index (χ3v) is 3.69. The van der Waals surface area contributed by atoms with Gasteiger partial charge in [0.2, 0.25) is 0 Å². The number of nitrogens with zero attached hydrogens (tertiary/aromatic N) is 1. The number of hydrogen-bond donors (Lipinski definition) is 2. The molecule has 5 nitrogen and oxygen atoms in total. The predicted molar refractivity (Wildman–Crippen MR) is 75.1 cm³/mol. The molecular formula is C14H21N3O2. The molecule has 2 rings (SSSR count). The van der Waals surface area contributed by atoms with Gasteiger partial charge in [0.25, 0.3) is 0 Å². The van der Waals surface area contributed by atoms with Gasteiger partial charge in [-0.05, 0) is 25.8 Å². The first-order valence-corrected chi connectivity index (χ1v) is 6.66. The van der Waals surface area contributed by atoms with Gasteiger partial charge >= 0.3 is 5.97 Å². The van der Waals surface area contributed by atoms with Gasteiger partial charge in [0.05, 0.1) is 19.0 Å². The van der Waals surface area contributed by atoms with Gasteiger partial charge in [-0.15, -0.1) is 0 Å². The molecule has 104 valence electrons. The zero-order valence-electron chi connectivity index (χ0n) is 11.5. The fraction of sp³-hybridized carbons (Fsp3) is 0.571. The second-order valence-electron chi connectivity index (χ2n) is 5.40. The van der Waals surface area contributed by atoms with Crippen molar-refractivity contribution in [1.29, 1.82) is 0 Å². The summed E-state index contributed by atoms with van der Waals surface area (Å²) in [6, 6.07) is 1.60. The number of carbonyl (C=O) groups excluding carboxylic acids is 1. The molecule has 0 amide bonds. The van der Waals surface area contributed by atoms with E-state index in [2.05, 4.69) is 17.2 Å². The quantitative estimate of drug-likeness (QED) is 0.820. The van der Waals surface area contributed by atoms with E-state index in [4.69, 9.17) is 10.5 Å². The van der Waals surface area contributed by atoms with Gasteiger partial charge < -0.3 is 15.8 Å². The summed E-state index contributed by atoms with van der Waals surface area (Å²) in [7, 11) is 1.36. The van der Waals surface area contributed by atoms with Crippen LogP contribution in [-0.4, -0.2) is 23.6 Å². The molecule has 1 saturated carbocycles. The Morgan fingerprint density at radius 1 is 1.42 bits per heavy atom. The zero-order valence-corrected chi connectivity index (χ0v) is 11.5. The summed E-state index contributed by atoms with van der Waals surface area (Å²) in [6.45, 7) is 2.17. The number of rotatable bonds is 3. The Morgan fingerprint density at radius 2 is 2.11 bits per heavy atom. The number of nitrogens with two attached hydrogens (primary N) is 1. The highest BCUT2D eigenvalue weighted by Gasteiger charge is 2.28. The molecule has 0 aliphatic heterocycles. The maximum absolute atomic E-state index is 11.8. The van der Waals surface area contributed by atoms with Crippen LogP contribution >= 0.6 is 0 Å². The van der Waals surface area contributed by atoms with Crippen LogP contribution in [0.1, 0.15) is 49.4 Å². The second kappa shape index (κ2) is 5.47. The maximum Gasteiger partial charge on any atom is 0.341 e. The SMILES string of the molecule is COC(=O)c1cc(N)cnc1NC1(C)CCCCC1. The average molecular weight is 263 g/mol. The minimum absolute atomic E-state index is 0.00979. The van der Waals surface area contributed by atoms with Gasteiger partial charge in [0.15, 0.2) is 0 Å². The van der Waals surface area contributed by atoms with Crippen molar-refractivity contribution in [3.05, 3.63) is 17.8 Å². The fourth-order valence-electron chi connectivity index (χ4n) is 2.59. The molecule has 0 bridgehead atoms. The highest BCUT2D eigenvalue weighted by Crippen LogP contribution is 2.32. The van der Waals surface area contributed by atoms with E-state index >= 15 is 0 Å². The minimum Gasteiger partial charge on any atom is -0.465 e. The van der Waals surface area contributed by atoms with E-state index in [0.717, 1.165) is 12.8 Å². The number of esters is 1. The van der Waals surface area contributed by atoms with Gasteiger partial charge in [-0.2, -0.15) is 0 Å². The first-order chi connectivity index (χ1) is 9.04. The van der Waals surface area contributed by atoms with Crippen molar-refractivity contribution < 1.29 is 9.53 Å². The van der Waals surface area contributed by atoms with E-state index in [1.807, 2.05) is 0 Å². The van der Waals surface area contributed by atoms with Crippen molar-refractivity contribution in [1.82, 2.24) is 4.98 Å². The summed E-state index contributed by atoms with van der Waals surface area (Å²) in [5.41, 5.74) is 6.53. The molecule has 1 aromatic heterocycles. The molecule has 0 unspecified atom stereocenters. The van der Waals surface area contributed by atoms with Crippen LogP contribution in [-0.2, 0) is 4.74 Å². The van der Waals surface area contributed by atoms with Crippen LogP contribution in [0.15, 0.2) is 12.3 Å². The van der Waals surface area contributed by atoms with Gasteiger partial charge in [0.1, 0.15) is 11.4 Å². The number of hydrogen-bond acceptors (Lipinski definition) is 5. The zero-order chi connectivity index (χ0) is 13.9. The van der Waals surface area contributed by atoms with Crippen LogP contribution < -0.4 is 11.1 Å². The molecule has 1 aliphatic carbocycles. The van der Waals surface area contributed by atoms with Crippen molar-refractivity contribution in [3.8, 4) is 0 Å². The van der Waals surface area contributed by atoms with Crippen LogP contribution in [0.25, 0.3) is 0 Å². The molecule has 1 fully saturated rings. The molecule has 0 spiro atoms.